The largest absolute Gasteiger partial charge is 0.353 e. The quantitative estimate of drug-likeness (QED) is 0.670. The molecular formula is C12H11N5O2. The predicted molar refractivity (Wildman–Crippen MR) is 69.0 cm³/mol. The highest BCUT2D eigenvalue weighted by molar-refractivity contribution is 5.64. The number of rotatable bonds is 4. The lowest BCUT2D eigenvalue weighted by atomic mass is 10.1. The molecule has 1 heterocycles. The number of nitro benzene ring substituents is 1. The number of aryl methyl sites for hydroxylation is 1. The third-order valence-electron chi connectivity index (χ3n) is 2.56. The van der Waals surface area contributed by atoms with Gasteiger partial charge in [0.2, 0.25) is 0 Å². The molecule has 0 radical (unpaired) electrons. The number of anilines is 2. The van der Waals surface area contributed by atoms with Crippen LogP contribution < -0.4 is 5.32 Å². The van der Waals surface area contributed by atoms with Crippen molar-refractivity contribution in [3.8, 4) is 6.07 Å². The fourth-order valence-electron chi connectivity index (χ4n) is 1.63. The molecule has 2 aromatic rings. The zero-order valence-electron chi connectivity index (χ0n) is 10.2. The number of nitriles is 1. The molecule has 0 bridgehead atoms. The minimum Gasteiger partial charge on any atom is -0.353 e. The second kappa shape index (κ2) is 5.18. The fourth-order valence-corrected chi connectivity index (χ4v) is 1.63. The molecule has 0 unspecified atom stereocenters. The van der Waals surface area contributed by atoms with E-state index in [9.17, 15) is 10.1 Å². The number of hydrogen-bond acceptors (Lipinski definition) is 5. The second-order valence-corrected chi connectivity index (χ2v) is 3.81. The average Bonchev–Trinajstić information content (AvgIpc) is 2.86. The Morgan fingerprint density at radius 2 is 2.32 bits per heavy atom. The van der Waals surface area contributed by atoms with Gasteiger partial charge in [0.1, 0.15) is 11.6 Å². The number of nitrogens with zero attached hydrogens (tertiary/aromatic N) is 4. The van der Waals surface area contributed by atoms with E-state index < -0.39 is 4.92 Å². The van der Waals surface area contributed by atoms with Gasteiger partial charge in [0.25, 0.3) is 5.69 Å². The molecule has 0 spiro atoms. The summed E-state index contributed by atoms with van der Waals surface area (Å²) in [5.74, 6) is 0. The van der Waals surface area contributed by atoms with E-state index in [0.717, 1.165) is 12.2 Å². The van der Waals surface area contributed by atoms with Crippen LogP contribution in [0.1, 0.15) is 12.5 Å². The highest BCUT2D eigenvalue weighted by Crippen LogP contribution is 2.24. The molecule has 1 aromatic heterocycles. The first kappa shape index (κ1) is 12.6. The van der Waals surface area contributed by atoms with Crippen LogP contribution in [0.4, 0.5) is 17.1 Å². The van der Waals surface area contributed by atoms with Crippen LogP contribution in [0.3, 0.4) is 0 Å². The molecule has 0 aliphatic heterocycles. The van der Waals surface area contributed by atoms with Gasteiger partial charge in [-0.25, -0.2) is 0 Å². The highest BCUT2D eigenvalue weighted by atomic mass is 16.6. The van der Waals surface area contributed by atoms with Gasteiger partial charge in [-0.3, -0.25) is 14.8 Å². The molecule has 0 aliphatic rings. The number of hydrogen-bond donors (Lipinski definition) is 1. The highest BCUT2D eigenvalue weighted by Gasteiger charge is 2.13. The summed E-state index contributed by atoms with van der Waals surface area (Å²) in [5, 5.41) is 26.8. The smallest absolute Gasteiger partial charge is 0.287 e. The standard InChI is InChI=1S/C12H11N5O2/c1-2-16-8-11(7-14-16)15-10-3-4-12(17(18)19)9(5-10)6-13/h3-5,7-8,15H,2H2,1H3. The van der Waals surface area contributed by atoms with Crippen molar-refractivity contribution in [3.63, 3.8) is 0 Å². The maximum Gasteiger partial charge on any atom is 0.287 e. The van der Waals surface area contributed by atoms with E-state index in [2.05, 4.69) is 10.4 Å². The van der Waals surface area contributed by atoms with Crippen LogP contribution in [0.2, 0.25) is 0 Å². The Kier molecular flexibility index (Phi) is 3.43. The topological polar surface area (TPSA) is 96.8 Å². The Morgan fingerprint density at radius 3 is 2.89 bits per heavy atom. The zero-order chi connectivity index (χ0) is 13.8. The van der Waals surface area contributed by atoms with Crippen molar-refractivity contribution in [2.75, 3.05) is 5.32 Å². The van der Waals surface area contributed by atoms with Crippen molar-refractivity contribution in [1.29, 1.82) is 5.26 Å². The minimum atomic E-state index is -0.572. The van der Waals surface area contributed by atoms with Gasteiger partial charge in [0.15, 0.2) is 0 Å². The molecule has 7 heteroatoms. The van der Waals surface area contributed by atoms with Gasteiger partial charge in [0.05, 0.1) is 16.8 Å². The van der Waals surface area contributed by atoms with Crippen LogP contribution >= 0.6 is 0 Å². The maximum absolute atomic E-state index is 10.7. The van der Waals surface area contributed by atoms with Crippen molar-refractivity contribution in [2.45, 2.75) is 13.5 Å². The molecule has 0 saturated heterocycles. The van der Waals surface area contributed by atoms with E-state index >= 15 is 0 Å². The summed E-state index contributed by atoms with van der Waals surface area (Å²) in [4.78, 5) is 10.1. The van der Waals surface area contributed by atoms with Crippen LogP contribution in [-0.4, -0.2) is 14.7 Å². The summed E-state index contributed by atoms with van der Waals surface area (Å²) in [6.07, 6.45) is 3.46. The van der Waals surface area contributed by atoms with E-state index in [0.29, 0.717) is 5.69 Å². The molecule has 7 nitrogen and oxygen atoms in total. The normalized spacial score (nSPS) is 9.89. The van der Waals surface area contributed by atoms with E-state index in [1.54, 1.807) is 16.9 Å². The molecular weight excluding hydrogens is 246 g/mol. The molecule has 0 saturated carbocycles. The van der Waals surface area contributed by atoms with Gasteiger partial charge in [-0.1, -0.05) is 0 Å². The Hall–Kier alpha value is -2.88. The van der Waals surface area contributed by atoms with Gasteiger partial charge in [-0.05, 0) is 19.1 Å². The molecule has 0 fully saturated rings. The Balaban J connectivity index is 2.27. The monoisotopic (exact) mass is 257 g/mol. The summed E-state index contributed by atoms with van der Waals surface area (Å²) in [7, 11) is 0. The van der Waals surface area contributed by atoms with E-state index in [1.165, 1.54) is 12.1 Å². The van der Waals surface area contributed by atoms with Gasteiger partial charge in [0, 0.05) is 24.5 Å². The number of benzene rings is 1. The van der Waals surface area contributed by atoms with Crippen molar-refractivity contribution in [3.05, 3.63) is 46.3 Å². The number of nitrogens with one attached hydrogen (secondary N) is 1. The third kappa shape index (κ3) is 2.69. The van der Waals surface area contributed by atoms with Gasteiger partial charge in [-0.15, -0.1) is 0 Å². The summed E-state index contributed by atoms with van der Waals surface area (Å²) in [6.45, 7) is 2.72. The minimum absolute atomic E-state index is 0.0258. The van der Waals surface area contributed by atoms with Crippen LogP contribution in [-0.2, 0) is 6.54 Å². The molecule has 1 aromatic carbocycles. The van der Waals surface area contributed by atoms with Crippen molar-refractivity contribution in [2.24, 2.45) is 0 Å². The lowest BCUT2D eigenvalue weighted by Gasteiger charge is -2.03. The predicted octanol–water partition coefficient (Wildman–Crippen LogP) is 2.43. The number of nitro groups is 1. The number of aromatic nitrogens is 2. The first-order chi connectivity index (χ1) is 9.13. The summed E-state index contributed by atoms with van der Waals surface area (Å²) < 4.78 is 1.75. The average molecular weight is 257 g/mol. The first-order valence-electron chi connectivity index (χ1n) is 5.62. The summed E-state index contributed by atoms with van der Waals surface area (Å²) in [5.41, 5.74) is 1.20. The van der Waals surface area contributed by atoms with Crippen LogP contribution in [0.25, 0.3) is 0 Å². The third-order valence-corrected chi connectivity index (χ3v) is 2.56. The molecule has 2 rings (SSSR count). The SMILES string of the molecule is CCn1cc(Nc2ccc([N+](=O)[O-])c(C#N)c2)cn1. The van der Waals surface area contributed by atoms with Crippen LogP contribution in [0.5, 0.6) is 0 Å². The van der Waals surface area contributed by atoms with Crippen LogP contribution in [0, 0.1) is 21.4 Å². The van der Waals surface area contributed by atoms with E-state index in [-0.39, 0.29) is 11.3 Å². The van der Waals surface area contributed by atoms with Gasteiger partial charge >= 0.3 is 0 Å². The Morgan fingerprint density at radius 1 is 1.53 bits per heavy atom. The molecule has 0 atom stereocenters. The molecule has 0 amide bonds. The molecule has 1 N–H and O–H groups in total. The van der Waals surface area contributed by atoms with Crippen LogP contribution in [0.15, 0.2) is 30.6 Å². The van der Waals surface area contributed by atoms with Crippen molar-refractivity contribution in [1.82, 2.24) is 9.78 Å². The lowest BCUT2D eigenvalue weighted by molar-refractivity contribution is -0.385. The zero-order valence-corrected chi connectivity index (χ0v) is 10.2. The summed E-state index contributed by atoms with van der Waals surface area (Å²) in [6, 6.07) is 6.13. The molecule has 0 aliphatic carbocycles. The summed E-state index contributed by atoms with van der Waals surface area (Å²) >= 11 is 0. The second-order valence-electron chi connectivity index (χ2n) is 3.81. The van der Waals surface area contributed by atoms with Gasteiger partial charge < -0.3 is 5.32 Å². The fraction of sp³-hybridized carbons (Fsp3) is 0.167. The Labute approximate surface area is 109 Å². The van der Waals surface area contributed by atoms with Crippen molar-refractivity contribution >= 4 is 17.1 Å². The molecule has 19 heavy (non-hydrogen) atoms. The Bertz CT molecular complexity index is 656. The molecule has 96 valence electrons. The van der Waals surface area contributed by atoms with Gasteiger partial charge in [-0.2, -0.15) is 10.4 Å². The van der Waals surface area contributed by atoms with Crippen molar-refractivity contribution < 1.29 is 4.92 Å². The van der Waals surface area contributed by atoms with E-state index in [4.69, 9.17) is 5.26 Å². The lowest BCUT2D eigenvalue weighted by Crippen LogP contribution is -1.95. The first-order valence-corrected chi connectivity index (χ1v) is 5.62. The maximum atomic E-state index is 10.7. The van der Waals surface area contributed by atoms with E-state index in [1.807, 2.05) is 19.2 Å².